The Morgan fingerprint density at radius 2 is 2.19 bits per heavy atom. The SMILES string of the molecule is Cc1c(OC[C@H]2CCCO2)cc(=O)n2c1-c1cc(OCS)ccc1CC2. The molecule has 1 aromatic heterocycles. The van der Waals surface area contributed by atoms with Crippen molar-refractivity contribution in [2.45, 2.75) is 38.8 Å². The number of aryl methyl sites for hydroxylation is 1. The van der Waals surface area contributed by atoms with Crippen LogP contribution < -0.4 is 15.0 Å². The Labute approximate surface area is 158 Å². The lowest BCUT2D eigenvalue weighted by Crippen LogP contribution is -2.27. The number of pyridine rings is 1. The number of nitrogens with zero attached hydrogens (tertiary/aromatic N) is 1. The highest BCUT2D eigenvalue weighted by molar-refractivity contribution is 7.80. The van der Waals surface area contributed by atoms with E-state index in [-0.39, 0.29) is 11.7 Å². The first-order chi connectivity index (χ1) is 12.7. The number of ether oxygens (including phenoxy) is 3. The first-order valence-corrected chi connectivity index (χ1v) is 9.66. The quantitative estimate of drug-likeness (QED) is 0.646. The fourth-order valence-electron chi connectivity index (χ4n) is 3.80. The topological polar surface area (TPSA) is 49.7 Å². The van der Waals surface area contributed by atoms with Crippen LogP contribution in [0, 0.1) is 6.92 Å². The van der Waals surface area contributed by atoms with Gasteiger partial charge in [-0.25, -0.2) is 0 Å². The Bertz CT molecular complexity index is 871. The molecule has 1 saturated heterocycles. The lowest BCUT2D eigenvalue weighted by atomic mass is 9.94. The van der Waals surface area contributed by atoms with Gasteiger partial charge in [-0.3, -0.25) is 4.79 Å². The summed E-state index contributed by atoms with van der Waals surface area (Å²) in [5.41, 5.74) is 4.12. The maximum Gasteiger partial charge on any atom is 0.254 e. The van der Waals surface area contributed by atoms with Crippen molar-refractivity contribution in [2.75, 3.05) is 19.2 Å². The van der Waals surface area contributed by atoms with Crippen LogP contribution >= 0.6 is 12.6 Å². The number of thiol groups is 1. The second kappa shape index (κ2) is 7.37. The summed E-state index contributed by atoms with van der Waals surface area (Å²) in [5.74, 6) is 1.71. The van der Waals surface area contributed by atoms with E-state index in [0.717, 1.165) is 48.4 Å². The van der Waals surface area contributed by atoms with E-state index in [0.29, 0.717) is 24.8 Å². The highest BCUT2D eigenvalue weighted by Gasteiger charge is 2.23. The predicted octanol–water partition coefficient (Wildman–Crippen LogP) is 3.20. The zero-order chi connectivity index (χ0) is 18.1. The minimum Gasteiger partial charge on any atom is -0.490 e. The molecule has 5 nitrogen and oxygen atoms in total. The Kier molecular flexibility index (Phi) is 4.96. The largest absolute Gasteiger partial charge is 0.490 e. The summed E-state index contributed by atoms with van der Waals surface area (Å²) in [6.07, 6.45) is 3.03. The number of fused-ring (bicyclic) bond motifs is 3. The average molecular weight is 373 g/mol. The highest BCUT2D eigenvalue weighted by atomic mass is 32.1. The summed E-state index contributed by atoms with van der Waals surface area (Å²) < 4.78 is 19.0. The van der Waals surface area contributed by atoms with E-state index in [2.05, 4.69) is 18.7 Å². The van der Waals surface area contributed by atoms with Crippen molar-refractivity contribution in [3.8, 4) is 22.8 Å². The summed E-state index contributed by atoms with van der Waals surface area (Å²) in [6, 6.07) is 7.62. The lowest BCUT2D eigenvalue weighted by molar-refractivity contribution is 0.0676. The lowest BCUT2D eigenvalue weighted by Gasteiger charge is -2.25. The van der Waals surface area contributed by atoms with E-state index in [1.54, 1.807) is 6.07 Å². The minimum atomic E-state index is -0.0286. The summed E-state index contributed by atoms with van der Waals surface area (Å²) in [7, 11) is 0. The van der Waals surface area contributed by atoms with Crippen molar-refractivity contribution in [3.63, 3.8) is 0 Å². The molecule has 0 unspecified atom stereocenters. The molecule has 0 radical (unpaired) electrons. The standard InChI is InChI=1S/C20H23NO4S/c1-13-18(24-11-16-3-2-8-23-16)10-19(22)21-7-6-14-4-5-15(25-12-26)9-17(14)20(13)21/h4-5,9-10,16,26H,2-3,6-8,11-12H2,1H3/t16-/m1/s1. The van der Waals surface area contributed by atoms with Crippen molar-refractivity contribution in [1.82, 2.24) is 4.57 Å². The van der Waals surface area contributed by atoms with Gasteiger partial charge in [0.25, 0.3) is 5.56 Å². The van der Waals surface area contributed by atoms with Gasteiger partial charge in [-0.15, -0.1) is 12.6 Å². The zero-order valence-corrected chi connectivity index (χ0v) is 15.8. The Hall–Kier alpha value is -1.92. The van der Waals surface area contributed by atoms with Gasteiger partial charge in [-0.05, 0) is 43.9 Å². The molecule has 4 rings (SSSR count). The third kappa shape index (κ3) is 3.23. The Balaban J connectivity index is 1.73. The van der Waals surface area contributed by atoms with Gasteiger partial charge in [0, 0.05) is 30.3 Å². The van der Waals surface area contributed by atoms with E-state index in [4.69, 9.17) is 14.2 Å². The van der Waals surface area contributed by atoms with Crippen molar-refractivity contribution in [3.05, 3.63) is 45.7 Å². The van der Waals surface area contributed by atoms with Gasteiger partial charge < -0.3 is 18.8 Å². The molecule has 0 saturated carbocycles. The fraction of sp³-hybridized carbons (Fsp3) is 0.450. The molecular weight excluding hydrogens is 350 g/mol. The molecule has 3 heterocycles. The van der Waals surface area contributed by atoms with Crippen LogP contribution in [-0.4, -0.2) is 29.8 Å². The first-order valence-electron chi connectivity index (χ1n) is 9.03. The molecule has 0 bridgehead atoms. The molecule has 138 valence electrons. The van der Waals surface area contributed by atoms with Crippen LogP contribution in [0.15, 0.2) is 29.1 Å². The monoisotopic (exact) mass is 373 g/mol. The van der Waals surface area contributed by atoms with Gasteiger partial charge in [-0.2, -0.15) is 0 Å². The molecule has 2 aliphatic rings. The van der Waals surface area contributed by atoms with Gasteiger partial charge >= 0.3 is 0 Å². The van der Waals surface area contributed by atoms with Gasteiger partial charge in [-0.1, -0.05) is 6.07 Å². The highest BCUT2D eigenvalue weighted by Crippen LogP contribution is 2.36. The summed E-state index contributed by atoms with van der Waals surface area (Å²) >= 11 is 4.13. The second-order valence-corrected chi connectivity index (χ2v) is 7.02. The summed E-state index contributed by atoms with van der Waals surface area (Å²) in [4.78, 5) is 12.7. The number of hydrogen-bond donors (Lipinski definition) is 1. The van der Waals surface area contributed by atoms with Crippen LogP contribution in [0.3, 0.4) is 0 Å². The van der Waals surface area contributed by atoms with Crippen LogP contribution in [0.5, 0.6) is 11.5 Å². The number of rotatable bonds is 5. The molecule has 0 N–H and O–H groups in total. The Morgan fingerprint density at radius 3 is 2.96 bits per heavy atom. The molecule has 6 heteroatoms. The molecule has 2 aliphatic heterocycles. The van der Waals surface area contributed by atoms with Crippen molar-refractivity contribution < 1.29 is 14.2 Å². The van der Waals surface area contributed by atoms with Crippen LogP contribution in [0.25, 0.3) is 11.3 Å². The first kappa shape index (κ1) is 17.5. The number of aromatic nitrogens is 1. The van der Waals surface area contributed by atoms with E-state index >= 15 is 0 Å². The van der Waals surface area contributed by atoms with Crippen LogP contribution in [0.1, 0.15) is 24.0 Å². The van der Waals surface area contributed by atoms with E-state index in [1.165, 1.54) is 5.56 Å². The average Bonchev–Trinajstić information content (AvgIpc) is 3.16. The molecule has 1 fully saturated rings. The third-order valence-corrected chi connectivity index (χ3v) is 5.27. The Morgan fingerprint density at radius 1 is 1.31 bits per heavy atom. The molecule has 0 aliphatic carbocycles. The molecule has 1 aromatic carbocycles. The van der Waals surface area contributed by atoms with Gasteiger partial charge in [0.15, 0.2) is 0 Å². The van der Waals surface area contributed by atoms with Crippen molar-refractivity contribution >= 4 is 12.6 Å². The minimum absolute atomic E-state index is 0.0286. The van der Waals surface area contributed by atoms with Gasteiger partial charge in [0.1, 0.15) is 24.0 Å². The van der Waals surface area contributed by atoms with E-state index in [9.17, 15) is 4.79 Å². The number of hydrogen-bond acceptors (Lipinski definition) is 5. The summed E-state index contributed by atoms with van der Waals surface area (Å²) in [6.45, 7) is 3.97. The zero-order valence-electron chi connectivity index (χ0n) is 14.9. The molecular formula is C20H23NO4S. The van der Waals surface area contributed by atoms with E-state index in [1.807, 2.05) is 23.6 Å². The second-order valence-electron chi connectivity index (χ2n) is 6.76. The predicted molar refractivity (Wildman–Crippen MR) is 104 cm³/mol. The van der Waals surface area contributed by atoms with Gasteiger partial charge in [0.05, 0.1) is 11.8 Å². The van der Waals surface area contributed by atoms with Crippen LogP contribution in [0.4, 0.5) is 0 Å². The van der Waals surface area contributed by atoms with Crippen molar-refractivity contribution in [2.24, 2.45) is 0 Å². The van der Waals surface area contributed by atoms with Gasteiger partial charge in [0.2, 0.25) is 0 Å². The molecule has 26 heavy (non-hydrogen) atoms. The fourth-order valence-corrected chi connectivity index (χ4v) is 3.95. The van der Waals surface area contributed by atoms with Crippen LogP contribution in [-0.2, 0) is 17.7 Å². The molecule has 0 spiro atoms. The molecule has 1 atom stereocenters. The van der Waals surface area contributed by atoms with E-state index < -0.39 is 0 Å². The normalized spacial score (nSPS) is 18.3. The smallest absolute Gasteiger partial charge is 0.254 e. The molecule has 0 amide bonds. The number of benzene rings is 1. The maximum atomic E-state index is 12.7. The van der Waals surface area contributed by atoms with Crippen LogP contribution in [0.2, 0.25) is 0 Å². The van der Waals surface area contributed by atoms with Crippen molar-refractivity contribution in [1.29, 1.82) is 0 Å². The summed E-state index contributed by atoms with van der Waals surface area (Å²) in [5, 5.41) is 0. The third-order valence-electron chi connectivity index (χ3n) is 5.14. The maximum absolute atomic E-state index is 12.7. The molecule has 2 aromatic rings.